The van der Waals surface area contributed by atoms with E-state index in [1.165, 1.54) is 6.92 Å². The molecule has 5 rings (SSSR count). The van der Waals surface area contributed by atoms with Gasteiger partial charge in [0.1, 0.15) is 17.3 Å². The van der Waals surface area contributed by atoms with Crippen molar-refractivity contribution in [2.24, 2.45) is 0 Å². The van der Waals surface area contributed by atoms with Crippen molar-refractivity contribution in [1.82, 2.24) is 40.1 Å². The van der Waals surface area contributed by atoms with Crippen molar-refractivity contribution in [2.45, 2.75) is 20.4 Å². The number of rotatable bonds is 6. The number of nitrogens with one attached hydrogen (secondary N) is 3. The highest BCUT2D eigenvalue weighted by atomic mass is 16.1. The van der Waals surface area contributed by atoms with E-state index in [0.29, 0.717) is 46.9 Å². The van der Waals surface area contributed by atoms with E-state index < -0.39 is 0 Å². The predicted octanol–water partition coefficient (Wildman–Crippen LogP) is 2.85. The highest BCUT2D eigenvalue weighted by Crippen LogP contribution is 2.31. The van der Waals surface area contributed by atoms with Crippen LogP contribution in [0.3, 0.4) is 0 Å². The molecule has 11 nitrogen and oxygen atoms in total. The number of nitrogens with two attached hydrogens (primary N) is 1. The van der Waals surface area contributed by atoms with Gasteiger partial charge >= 0.3 is 0 Å². The number of aromatic nitrogens is 7. The second kappa shape index (κ2) is 8.62. The van der Waals surface area contributed by atoms with Crippen molar-refractivity contribution in [3.63, 3.8) is 0 Å². The lowest BCUT2D eigenvalue weighted by Gasteiger charge is -2.08. The molecule has 1 aromatic carbocycles. The van der Waals surface area contributed by atoms with E-state index >= 15 is 0 Å². The van der Waals surface area contributed by atoms with E-state index in [9.17, 15) is 4.79 Å². The first-order chi connectivity index (χ1) is 16.5. The third-order valence-electron chi connectivity index (χ3n) is 5.12. The number of amides is 1. The maximum absolute atomic E-state index is 11.2. The normalized spacial score (nSPS) is 11.0. The van der Waals surface area contributed by atoms with Gasteiger partial charge in [0.15, 0.2) is 17.3 Å². The number of imidazole rings is 1. The summed E-state index contributed by atoms with van der Waals surface area (Å²) in [7, 11) is 0. The lowest BCUT2D eigenvalue weighted by molar-refractivity contribution is -0.119. The van der Waals surface area contributed by atoms with Gasteiger partial charge < -0.3 is 16.4 Å². The van der Waals surface area contributed by atoms with Crippen LogP contribution in [-0.4, -0.2) is 40.7 Å². The lowest BCUT2D eigenvalue weighted by Crippen LogP contribution is -2.18. The molecule has 11 heteroatoms. The number of nitrogen functional groups attached to an aromatic ring is 1. The number of aromatic amines is 1. The van der Waals surface area contributed by atoms with E-state index in [0.717, 1.165) is 16.8 Å². The van der Waals surface area contributed by atoms with Crippen LogP contribution < -0.4 is 16.4 Å². The molecule has 4 heterocycles. The molecule has 1 amide bonds. The summed E-state index contributed by atoms with van der Waals surface area (Å²) in [5.74, 6) is 1.98. The Morgan fingerprint density at radius 1 is 1.06 bits per heavy atom. The second-order valence-corrected chi connectivity index (χ2v) is 7.71. The van der Waals surface area contributed by atoms with Crippen molar-refractivity contribution in [2.75, 3.05) is 11.1 Å². The highest BCUT2D eigenvalue weighted by molar-refractivity contribution is 5.78. The number of nitrogens with zero attached hydrogens (tertiary/aromatic N) is 6. The van der Waals surface area contributed by atoms with Crippen LogP contribution in [0.1, 0.15) is 18.3 Å². The van der Waals surface area contributed by atoms with Crippen molar-refractivity contribution in [3.05, 3.63) is 66.1 Å². The average Bonchev–Trinajstić information content (AvgIpc) is 3.44. The SMILES string of the molecule is CC(=O)NCc1ccc(-c2ccc3nc(Nc4cc[nH]n4)c(-c4cc(N)nc(C)n4)n3n2)cc1. The number of hydrogen-bond acceptors (Lipinski definition) is 8. The summed E-state index contributed by atoms with van der Waals surface area (Å²) >= 11 is 0. The largest absolute Gasteiger partial charge is 0.384 e. The van der Waals surface area contributed by atoms with Crippen molar-refractivity contribution in [1.29, 1.82) is 0 Å². The van der Waals surface area contributed by atoms with Gasteiger partial charge in [-0.05, 0) is 24.6 Å². The number of anilines is 3. The van der Waals surface area contributed by atoms with E-state index in [2.05, 4.69) is 30.8 Å². The van der Waals surface area contributed by atoms with Gasteiger partial charge in [0.05, 0.1) is 11.4 Å². The zero-order valence-corrected chi connectivity index (χ0v) is 18.6. The number of hydrogen-bond donors (Lipinski definition) is 4. The number of carbonyl (C=O) groups excluding carboxylic acids is 1. The summed E-state index contributed by atoms with van der Waals surface area (Å²) < 4.78 is 1.73. The zero-order valence-electron chi connectivity index (χ0n) is 18.6. The maximum atomic E-state index is 11.2. The first-order valence-corrected chi connectivity index (χ1v) is 10.6. The van der Waals surface area contributed by atoms with Crippen molar-refractivity contribution < 1.29 is 4.79 Å². The van der Waals surface area contributed by atoms with E-state index in [1.54, 1.807) is 29.8 Å². The molecule has 34 heavy (non-hydrogen) atoms. The van der Waals surface area contributed by atoms with Gasteiger partial charge in [0.25, 0.3) is 0 Å². The molecule has 0 atom stereocenters. The second-order valence-electron chi connectivity index (χ2n) is 7.71. The Kier molecular flexibility index (Phi) is 5.34. The number of benzene rings is 1. The topological polar surface area (TPSA) is 152 Å². The molecule has 0 aliphatic rings. The van der Waals surface area contributed by atoms with Crippen LogP contribution in [0.4, 0.5) is 17.5 Å². The van der Waals surface area contributed by atoms with Gasteiger partial charge in [-0.15, -0.1) is 0 Å². The Hall–Kier alpha value is -4.80. The number of fused-ring (bicyclic) bond motifs is 1. The van der Waals surface area contributed by atoms with Crippen LogP contribution >= 0.6 is 0 Å². The fourth-order valence-electron chi connectivity index (χ4n) is 3.59. The van der Waals surface area contributed by atoms with Gasteiger partial charge in [-0.2, -0.15) is 10.2 Å². The predicted molar refractivity (Wildman–Crippen MR) is 128 cm³/mol. The van der Waals surface area contributed by atoms with E-state index in [4.69, 9.17) is 15.8 Å². The molecule has 5 N–H and O–H groups in total. The molecule has 0 fully saturated rings. The number of H-pyrrole nitrogens is 1. The summed E-state index contributed by atoms with van der Waals surface area (Å²) in [5.41, 5.74) is 10.5. The molecule has 170 valence electrons. The summed E-state index contributed by atoms with van der Waals surface area (Å²) in [6.07, 6.45) is 1.72. The standard InChI is InChI=1S/C23H22N10O/c1-13-27-18(11-19(24)28-13)22-23(29-20-9-10-26-31-20)30-21-8-7-17(32-33(21)22)16-5-3-15(4-6-16)12-25-14(2)34/h3-11H,12H2,1-2H3,(H,25,34)(H2,24,27,28)(H2,26,29,31). The highest BCUT2D eigenvalue weighted by Gasteiger charge is 2.19. The molecule has 0 saturated heterocycles. The minimum absolute atomic E-state index is 0.0660. The lowest BCUT2D eigenvalue weighted by atomic mass is 10.1. The Balaban J connectivity index is 1.60. The summed E-state index contributed by atoms with van der Waals surface area (Å²) in [5, 5.41) is 17.8. The molecule has 0 radical (unpaired) electrons. The third kappa shape index (κ3) is 4.26. The minimum Gasteiger partial charge on any atom is -0.384 e. The minimum atomic E-state index is -0.0660. The molecule has 0 spiro atoms. The zero-order chi connectivity index (χ0) is 23.7. The van der Waals surface area contributed by atoms with Crippen LogP contribution in [0.5, 0.6) is 0 Å². The number of carbonyl (C=O) groups is 1. The van der Waals surface area contributed by atoms with Gasteiger partial charge in [-0.25, -0.2) is 19.5 Å². The quantitative estimate of drug-likeness (QED) is 0.306. The molecular weight excluding hydrogens is 432 g/mol. The molecular formula is C23H22N10O. The Labute approximate surface area is 194 Å². The fraction of sp³-hybridized carbons (Fsp3) is 0.130. The average molecular weight is 454 g/mol. The smallest absolute Gasteiger partial charge is 0.217 e. The molecule has 0 unspecified atom stereocenters. The number of aryl methyl sites for hydroxylation is 1. The van der Waals surface area contributed by atoms with Crippen LogP contribution in [0.15, 0.2) is 54.7 Å². The van der Waals surface area contributed by atoms with E-state index in [-0.39, 0.29) is 5.91 Å². The first kappa shape index (κ1) is 21.1. The molecule has 0 saturated carbocycles. The van der Waals surface area contributed by atoms with Gasteiger partial charge in [0.2, 0.25) is 5.91 Å². The van der Waals surface area contributed by atoms with Crippen molar-refractivity contribution in [3.8, 4) is 22.6 Å². The summed E-state index contributed by atoms with van der Waals surface area (Å²) in [6.45, 7) is 3.76. The molecule has 0 bridgehead atoms. The summed E-state index contributed by atoms with van der Waals surface area (Å²) in [4.78, 5) is 24.6. The van der Waals surface area contributed by atoms with Crippen molar-refractivity contribution >= 4 is 29.0 Å². The van der Waals surface area contributed by atoms with Crippen LogP contribution in [0, 0.1) is 6.92 Å². The van der Waals surface area contributed by atoms with Gasteiger partial charge in [-0.3, -0.25) is 9.89 Å². The molecule has 0 aliphatic carbocycles. The Morgan fingerprint density at radius 2 is 1.88 bits per heavy atom. The summed E-state index contributed by atoms with van der Waals surface area (Å²) in [6, 6.07) is 15.2. The van der Waals surface area contributed by atoms with Crippen LogP contribution in [0.25, 0.3) is 28.3 Å². The third-order valence-corrected chi connectivity index (χ3v) is 5.12. The Bertz CT molecular complexity index is 1450. The van der Waals surface area contributed by atoms with Crippen LogP contribution in [-0.2, 0) is 11.3 Å². The van der Waals surface area contributed by atoms with Gasteiger partial charge in [0, 0.05) is 37.4 Å². The van der Waals surface area contributed by atoms with Crippen LogP contribution in [0.2, 0.25) is 0 Å². The molecule has 0 aliphatic heterocycles. The Morgan fingerprint density at radius 3 is 2.59 bits per heavy atom. The first-order valence-electron chi connectivity index (χ1n) is 10.6. The molecule has 4 aromatic heterocycles. The maximum Gasteiger partial charge on any atom is 0.217 e. The van der Waals surface area contributed by atoms with E-state index in [1.807, 2.05) is 36.4 Å². The fourth-order valence-corrected chi connectivity index (χ4v) is 3.59. The van der Waals surface area contributed by atoms with Gasteiger partial charge in [-0.1, -0.05) is 24.3 Å². The monoisotopic (exact) mass is 454 g/mol. The molecule has 5 aromatic rings.